The molecule has 0 aliphatic heterocycles. The van der Waals surface area contributed by atoms with Gasteiger partial charge in [-0.05, 0) is 38.5 Å². The van der Waals surface area contributed by atoms with Crippen molar-refractivity contribution >= 4 is 23.3 Å². The summed E-state index contributed by atoms with van der Waals surface area (Å²) in [4.78, 5) is 30.5. The Bertz CT molecular complexity index is 744. The molecular formula is C20H23ClN2O2. The zero-order valence-electron chi connectivity index (χ0n) is 14.8. The van der Waals surface area contributed by atoms with Gasteiger partial charge in [-0.3, -0.25) is 9.59 Å². The first-order valence-corrected chi connectivity index (χ1v) is 8.65. The minimum absolute atomic E-state index is 0.0424. The molecule has 2 rings (SSSR count). The number of hydrogen-bond acceptors (Lipinski definition) is 3. The lowest BCUT2D eigenvalue weighted by molar-refractivity contribution is -0.136. The van der Waals surface area contributed by atoms with Gasteiger partial charge in [0.2, 0.25) is 5.91 Å². The van der Waals surface area contributed by atoms with Gasteiger partial charge in [-0.25, -0.2) is 4.98 Å². The van der Waals surface area contributed by atoms with Crippen molar-refractivity contribution in [3.05, 3.63) is 64.9 Å². The van der Waals surface area contributed by atoms with Gasteiger partial charge in [0.05, 0.1) is 17.7 Å². The van der Waals surface area contributed by atoms with E-state index in [9.17, 15) is 9.59 Å². The second-order valence-corrected chi connectivity index (χ2v) is 6.95. The number of halogens is 1. The Morgan fingerprint density at radius 2 is 1.76 bits per heavy atom. The molecule has 1 aromatic heterocycles. The fourth-order valence-corrected chi connectivity index (χ4v) is 2.90. The largest absolute Gasteiger partial charge is 0.331 e. The second kappa shape index (κ2) is 8.26. The van der Waals surface area contributed by atoms with Crippen molar-refractivity contribution in [2.45, 2.75) is 39.2 Å². The van der Waals surface area contributed by atoms with Gasteiger partial charge in [-0.2, -0.15) is 0 Å². The van der Waals surface area contributed by atoms with Crippen molar-refractivity contribution in [2.75, 3.05) is 6.54 Å². The summed E-state index contributed by atoms with van der Waals surface area (Å²) in [5, 5.41) is 0.382. The molecule has 0 aliphatic carbocycles. The van der Waals surface area contributed by atoms with E-state index in [1.54, 1.807) is 11.0 Å². The molecule has 132 valence electrons. The Morgan fingerprint density at radius 3 is 2.36 bits per heavy atom. The lowest BCUT2D eigenvalue weighted by Gasteiger charge is -2.38. The van der Waals surface area contributed by atoms with Gasteiger partial charge >= 0.3 is 0 Å². The predicted molar refractivity (Wildman–Crippen MR) is 99.4 cm³/mol. The summed E-state index contributed by atoms with van der Waals surface area (Å²) in [6.07, 6.45) is 0.591. The van der Waals surface area contributed by atoms with Crippen LogP contribution in [0.25, 0.3) is 0 Å². The minimum atomic E-state index is -0.674. The topological polar surface area (TPSA) is 50.3 Å². The number of carbonyl (C=O) groups excluding carboxylic acids is 2. The molecule has 0 bridgehead atoms. The number of rotatable bonds is 7. The second-order valence-electron chi connectivity index (χ2n) is 6.56. The standard InChI is InChI=1S/C20H23ClN2O2/c1-15(24)12-13-23(19(25)14-16-8-5-4-6-9-16)20(2,3)17-10-7-11-18(21)22-17/h4-11H,12-14H2,1-3H3. The molecule has 0 N–H and O–H groups in total. The fourth-order valence-electron chi connectivity index (χ4n) is 2.74. The molecule has 25 heavy (non-hydrogen) atoms. The smallest absolute Gasteiger partial charge is 0.227 e. The first kappa shape index (κ1) is 19.1. The number of Topliss-reactive ketones (excluding diaryl/α,β-unsaturated/α-hetero) is 1. The van der Waals surface area contributed by atoms with E-state index >= 15 is 0 Å². The van der Waals surface area contributed by atoms with Gasteiger partial charge < -0.3 is 4.90 Å². The molecule has 0 saturated heterocycles. The van der Waals surface area contributed by atoms with Crippen LogP contribution < -0.4 is 0 Å². The highest BCUT2D eigenvalue weighted by atomic mass is 35.5. The summed E-state index contributed by atoms with van der Waals surface area (Å²) in [5.41, 5.74) is 0.965. The molecule has 0 fully saturated rings. The van der Waals surface area contributed by atoms with Crippen LogP contribution in [-0.2, 0) is 21.5 Å². The van der Waals surface area contributed by atoms with E-state index in [0.717, 1.165) is 5.56 Å². The van der Waals surface area contributed by atoms with Crippen LogP contribution in [-0.4, -0.2) is 28.1 Å². The van der Waals surface area contributed by atoms with E-state index in [1.807, 2.05) is 56.3 Å². The van der Waals surface area contributed by atoms with Crippen LogP contribution in [0.1, 0.15) is 38.4 Å². The maximum Gasteiger partial charge on any atom is 0.227 e. The summed E-state index contributed by atoms with van der Waals surface area (Å²) in [5.74, 6) is 0.00610. The Morgan fingerprint density at radius 1 is 1.08 bits per heavy atom. The Balaban J connectivity index is 2.30. The quantitative estimate of drug-likeness (QED) is 0.702. The van der Waals surface area contributed by atoms with Crippen molar-refractivity contribution in [2.24, 2.45) is 0 Å². The van der Waals surface area contributed by atoms with Crippen molar-refractivity contribution in [1.29, 1.82) is 0 Å². The number of carbonyl (C=O) groups is 2. The molecule has 4 nitrogen and oxygen atoms in total. The van der Waals surface area contributed by atoms with Gasteiger partial charge in [0.15, 0.2) is 0 Å². The highest BCUT2D eigenvalue weighted by molar-refractivity contribution is 6.29. The van der Waals surface area contributed by atoms with Crippen molar-refractivity contribution < 1.29 is 9.59 Å². The maximum atomic E-state index is 13.0. The lowest BCUT2D eigenvalue weighted by atomic mass is 9.95. The number of hydrogen-bond donors (Lipinski definition) is 0. The lowest BCUT2D eigenvalue weighted by Crippen LogP contribution is -2.47. The van der Waals surface area contributed by atoms with E-state index in [2.05, 4.69) is 4.98 Å². The van der Waals surface area contributed by atoms with Crippen LogP contribution in [0.5, 0.6) is 0 Å². The van der Waals surface area contributed by atoms with E-state index in [-0.39, 0.29) is 18.1 Å². The van der Waals surface area contributed by atoms with Crippen LogP contribution in [0.3, 0.4) is 0 Å². The van der Waals surface area contributed by atoms with Gasteiger partial charge in [0.25, 0.3) is 0 Å². The molecule has 0 radical (unpaired) electrons. The number of aromatic nitrogens is 1. The predicted octanol–water partition coefficient (Wildman–Crippen LogP) is 4.02. The fraction of sp³-hybridized carbons (Fsp3) is 0.350. The molecule has 0 atom stereocenters. The Hall–Kier alpha value is -2.20. The molecule has 1 heterocycles. The van der Waals surface area contributed by atoms with Crippen LogP contribution >= 0.6 is 11.6 Å². The van der Waals surface area contributed by atoms with Gasteiger partial charge in [0.1, 0.15) is 10.9 Å². The number of pyridine rings is 1. The molecular weight excluding hydrogens is 336 g/mol. The number of amides is 1. The van der Waals surface area contributed by atoms with Crippen molar-refractivity contribution in [1.82, 2.24) is 9.88 Å². The summed E-state index contributed by atoms with van der Waals surface area (Å²) < 4.78 is 0. The molecule has 0 saturated carbocycles. The zero-order chi connectivity index (χ0) is 18.4. The van der Waals surface area contributed by atoms with E-state index in [1.165, 1.54) is 6.92 Å². The van der Waals surface area contributed by atoms with E-state index in [0.29, 0.717) is 23.8 Å². The van der Waals surface area contributed by atoms with Crippen LogP contribution in [0, 0.1) is 0 Å². The number of ketones is 1. The van der Waals surface area contributed by atoms with E-state index < -0.39 is 5.54 Å². The summed E-state index contributed by atoms with van der Waals surface area (Å²) in [6.45, 7) is 5.73. The van der Waals surface area contributed by atoms with Gasteiger partial charge in [-0.15, -0.1) is 0 Å². The van der Waals surface area contributed by atoms with Crippen LogP contribution in [0.2, 0.25) is 5.15 Å². The average molecular weight is 359 g/mol. The SMILES string of the molecule is CC(=O)CCN(C(=O)Cc1ccccc1)C(C)(C)c1cccc(Cl)n1. The van der Waals surface area contributed by atoms with Gasteiger partial charge in [-0.1, -0.05) is 48.0 Å². The number of benzene rings is 1. The molecule has 1 aromatic carbocycles. The third-order valence-corrected chi connectivity index (χ3v) is 4.41. The molecule has 0 spiro atoms. The summed E-state index contributed by atoms with van der Waals surface area (Å²) in [7, 11) is 0. The first-order chi connectivity index (χ1) is 11.8. The number of nitrogens with zero attached hydrogens (tertiary/aromatic N) is 2. The maximum absolute atomic E-state index is 13.0. The third-order valence-electron chi connectivity index (χ3n) is 4.20. The van der Waals surface area contributed by atoms with Crippen LogP contribution in [0.15, 0.2) is 48.5 Å². The zero-order valence-corrected chi connectivity index (χ0v) is 15.6. The van der Waals surface area contributed by atoms with Crippen molar-refractivity contribution in [3.63, 3.8) is 0 Å². The Labute approximate surface area is 153 Å². The minimum Gasteiger partial charge on any atom is -0.331 e. The Kier molecular flexibility index (Phi) is 6.32. The summed E-state index contributed by atoms with van der Waals surface area (Å²) in [6, 6.07) is 14.9. The highest BCUT2D eigenvalue weighted by Gasteiger charge is 2.33. The summed E-state index contributed by atoms with van der Waals surface area (Å²) >= 11 is 6.02. The molecule has 0 unspecified atom stereocenters. The van der Waals surface area contributed by atoms with Gasteiger partial charge in [0, 0.05) is 13.0 Å². The van der Waals surface area contributed by atoms with Crippen molar-refractivity contribution in [3.8, 4) is 0 Å². The molecule has 2 aromatic rings. The van der Waals surface area contributed by atoms with Crippen LogP contribution in [0.4, 0.5) is 0 Å². The monoisotopic (exact) mass is 358 g/mol. The molecule has 1 amide bonds. The molecule has 0 aliphatic rings. The highest BCUT2D eigenvalue weighted by Crippen LogP contribution is 2.28. The first-order valence-electron chi connectivity index (χ1n) is 8.27. The third kappa shape index (κ3) is 5.13. The average Bonchev–Trinajstić information content (AvgIpc) is 2.55. The normalized spacial score (nSPS) is 11.2. The van der Waals surface area contributed by atoms with E-state index in [4.69, 9.17) is 11.6 Å². The molecule has 5 heteroatoms.